The number of aromatic nitrogens is 4. The van der Waals surface area contributed by atoms with E-state index in [0.29, 0.717) is 28.8 Å². The fourth-order valence-corrected chi connectivity index (χ4v) is 3.88. The van der Waals surface area contributed by atoms with Gasteiger partial charge in [0.2, 0.25) is 0 Å². The third-order valence-corrected chi connectivity index (χ3v) is 5.62. The molecule has 0 aliphatic rings. The Hall–Kier alpha value is -4.92. The normalized spacial score (nSPS) is 10.8. The van der Waals surface area contributed by atoms with Crippen molar-refractivity contribution < 1.29 is 9.53 Å². The van der Waals surface area contributed by atoms with Gasteiger partial charge in [-0.05, 0) is 48.9 Å². The van der Waals surface area contributed by atoms with Gasteiger partial charge in [-0.15, -0.1) is 0 Å². The average molecular weight is 466 g/mol. The number of nitrogens with two attached hydrogens (primary N) is 1. The number of carbonyl (C=O) groups is 1. The summed E-state index contributed by atoms with van der Waals surface area (Å²) in [5.41, 5.74) is 10.7. The van der Waals surface area contributed by atoms with Gasteiger partial charge in [0.05, 0.1) is 24.0 Å². The van der Waals surface area contributed by atoms with Gasteiger partial charge in [0.1, 0.15) is 23.7 Å². The van der Waals surface area contributed by atoms with Crippen LogP contribution in [0.1, 0.15) is 5.56 Å². The Morgan fingerprint density at radius 3 is 2.69 bits per heavy atom. The monoisotopic (exact) mass is 465 g/mol. The number of hydrogen-bond acceptors (Lipinski definition) is 6. The number of nitrogens with zero attached hydrogens (tertiary/aromatic N) is 4. The van der Waals surface area contributed by atoms with Gasteiger partial charge in [0.25, 0.3) is 0 Å². The zero-order valence-electron chi connectivity index (χ0n) is 19.2. The Labute approximate surface area is 201 Å². The highest BCUT2D eigenvalue weighted by Crippen LogP contribution is 2.29. The molecule has 9 heteroatoms. The number of nitrogen functional groups attached to an aromatic ring is 1. The lowest BCUT2D eigenvalue weighted by Crippen LogP contribution is -2.19. The zero-order valence-corrected chi connectivity index (χ0v) is 19.2. The maximum absolute atomic E-state index is 12.6. The number of benzene rings is 2. The van der Waals surface area contributed by atoms with Gasteiger partial charge < -0.3 is 25.7 Å². The van der Waals surface area contributed by atoms with Crippen molar-refractivity contribution in [2.24, 2.45) is 0 Å². The largest absolute Gasteiger partial charge is 0.495 e. The number of fused-ring (bicyclic) bond motifs is 1. The molecule has 35 heavy (non-hydrogen) atoms. The molecule has 4 N–H and O–H groups in total. The van der Waals surface area contributed by atoms with Crippen LogP contribution in [-0.2, 0) is 0 Å². The molecule has 0 bridgehead atoms. The number of aryl methyl sites for hydroxylation is 1. The summed E-state index contributed by atoms with van der Waals surface area (Å²) in [6.07, 6.45) is 5.18. The van der Waals surface area contributed by atoms with Crippen molar-refractivity contribution in [2.75, 3.05) is 23.5 Å². The van der Waals surface area contributed by atoms with Crippen LogP contribution in [0.25, 0.3) is 28.0 Å². The Morgan fingerprint density at radius 2 is 1.86 bits per heavy atom. The van der Waals surface area contributed by atoms with E-state index in [-0.39, 0.29) is 6.03 Å². The van der Waals surface area contributed by atoms with E-state index in [2.05, 4.69) is 25.6 Å². The predicted molar refractivity (Wildman–Crippen MR) is 137 cm³/mol. The predicted octanol–water partition coefficient (Wildman–Crippen LogP) is 5.03. The first-order valence-electron chi connectivity index (χ1n) is 10.9. The number of para-hydroxylation sites is 2. The molecule has 174 valence electrons. The molecule has 0 atom stereocenters. The van der Waals surface area contributed by atoms with Crippen molar-refractivity contribution in [3.63, 3.8) is 0 Å². The Kier molecular flexibility index (Phi) is 5.72. The number of urea groups is 1. The molecule has 0 spiro atoms. The van der Waals surface area contributed by atoms with Crippen molar-refractivity contribution in [3.05, 3.63) is 84.9 Å². The van der Waals surface area contributed by atoms with Crippen LogP contribution in [0.5, 0.6) is 5.75 Å². The smallest absolute Gasteiger partial charge is 0.323 e. The zero-order chi connectivity index (χ0) is 24.4. The van der Waals surface area contributed by atoms with Crippen molar-refractivity contribution in [3.8, 4) is 22.8 Å². The summed E-state index contributed by atoms with van der Waals surface area (Å²) in [5, 5.41) is 6.67. The summed E-state index contributed by atoms with van der Waals surface area (Å²) in [5.74, 6) is 1.65. The highest BCUT2D eigenvalue weighted by atomic mass is 16.5. The average Bonchev–Trinajstić information content (AvgIpc) is 3.29. The van der Waals surface area contributed by atoms with Crippen LogP contribution in [0, 0.1) is 6.92 Å². The van der Waals surface area contributed by atoms with Crippen LogP contribution in [0.15, 0.2) is 79.4 Å². The number of amides is 2. The van der Waals surface area contributed by atoms with Gasteiger partial charge >= 0.3 is 6.03 Å². The summed E-state index contributed by atoms with van der Waals surface area (Å²) in [7, 11) is 1.56. The number of pyridine rings is 1. The molecule has 3 heterocycles. The number of anilines is 3. The lowest BCUT2D eigenvalue weighted by Gasteiger charge is -2.13. The van der Waals surface area contributed by atoms with Crippen molar-refractivity contribution >= 4 is 34.1 Å². The molecule has 0 aliphatic heterocycles. The van der Waals surface area contributed by atoms with Crippen molar-refractivity contribution in [1.29, 1.82) is 0 Å². The van der Waals surface area contributed by atoms with Crippen LogP contribution in [-0.4, -0.2) is 32.7 Å². The third-order valence-electron chi connectivity index (χ3n) is 5.62. The van der Waals surface area contributed by atoms with E-state index >= 15 is 0 Å². The van der Waals surface area contributed by atoms with E-state index in [1.165, 1.54) is 6.33 Å². The van der Waals surface area contributed by atoms with Crippen LogP contribution in [0.3, 0.4) is 0 Å². The van der Waals surface area contributed by atoms with Gasteiger partial charge in [-0.25, -0.2) is 14.8 Å². The molecule has 0 saturated carbocycles. The minimum atomic E-state index is -0.372. The molecule has 0 fully saturated rings. The SMILES string of the molecule is COc1ccccc1NC(=O)Nc1ccc(C)c(-c2cc3c(ccn3-c3cc(N)ncn3)cn2)c1. The minimum Gasteiger partial charge on any atom is -0.495 e. The fraction of sp³-hybridized carbons (Fsp3) is 0.0769. The number of ether oxygens (including phenoxy) is 1. The van der Waals surface area contributed by atoms with E-state index in [4.69, 9.17) is 10.5 Å². The van der Waals surface area contributed by atoms with Crippen LogP contribution < -0.4 is 21.1 Å². The second-order valence-electron chi connectivity index (χ2n) is 7.92. The summed E-state index contributed by atoms with van der Waals surface area (Å²) in [6, 6.07) is 18.2. The summed E-state index contributed by atoms with van der Waals surface area (Å²) < 4.78 is 7.24. The van der Waals surface area contributed by atoms with Crippen molar-refractivity contribution in [2.45, 2.75) is 6.92 Å². The lowest BCUT2D eigenvalue weighted by molar-refractivity contribution is 0.262. The molecule has 2 aromatic carbocycles. The molecule has 0 aliphatic carbocycles. The summed E-state index contributed by atoms with van der Waals surface area (Å²) >= 11 is 0. The molecule has 0 saturated heterocycles. The van der Waals surface area contributed by atoms with Gasteiger partial charge in [-0.1, -0.05) is 18.2 Å². The van der Waals surface area contributed by atoms with Gasteiger partial charge in [-0.3, -0.25) is 4.98 Å². The van der Waals surface area contributed by atoms with Gasteiger partial charge in [0.15, 0.2) is 0 Å². The highest BCUT2D eigenvalue weighted by Gasteiger charge is 2.12. The van der Waals surface area contributed by atoms with Crippen LogP contribution in [0.4, 0.5) is 22.0 Å². The fourth-order valence-electron chi connectivity index (χ4n) is 3.88. The quantitative estimate of drug-likeness (QED) is 0.335. The van der Waals surface area contributed by atoms with Gasteiger partial charge in [0, 0.05) is 35.1 Å². The van der Waals surface area contributed by atoms with Crippen LogP contribution in [0.2, 0.25) is 0 Å². The summed E-state index contributed by atoms with van der Waals surface area (Å²) in [6.45, 7) is 2.00. The Balaban J connectivity index is 1.45. The molecular formula is C26H23N7O2. The van der Waals surface area contributed by atoms with Gasteiger partial charge in [-0.2, -0.15) is 0 Å². The van der Waals surface area contributed by atoms with Crippen molar-refractivity contribution in [1.82, 2.24) is 19.5 Å². The van der Waals surface area contributed by atoms with E-state index in [1.807, 2.05) is 66.3 Å². The number of rotatable bonds is 5. The Bertz CT molecular complexity index is 1540. The standard InChI is InChI=1S/C26H23N7O2/c1-16-7-8-18(31-26(34)32-20-5-3-4-6-23(20)35-2)11-19(16)21-12-22-17(14-28-21)9-10-33(22)25-13-24(27)29-15-30-25/h3-15H,1-2H3,(H2,27,29,30)(H2,31,32,34). The number of hydrogen-bond donors (Lipinski definition) is 3. The van der Waals surface area contributed by atoms with E-state index in [0.717, 1.165) is 27.7 Å². The van der Waals surface area contributed by atoms with E-state index in [9.17, 15) is 4.79 Å². The second kappa shape index (κ2) is 9.14. The topological polar surface area (TPSA) is 120 Å². The molecule has 0 unspecified atom stereocenters. The first kappa shape index (κ1) is 21.9. The first-order chi connectivity index (χ1) is 17.0. The lowest BCUT2D eigenvalue weighted by atomic mass is 10.0. The molecule has 5 aromatic rings. The molecule has 3 aromatic heterocycles. The van der Waals surface area contributed by atoms with E-state index < -0.39 is 0 Å². The number of nitrogens with one attached hydrogen (secondary N) is 2. The molecule has 9 nitrogen and oxygen atoms in total. The molecule has 0 radical (unpaired) electrons. The maximum atomic E-state index is 12.6. The minimum absolute atomic E-state index is 0.372. The van der Waals surface area contributed by atoms with E-state index in [1.54, 1.807) is 25.3 Å². The van der Waals surface area contributed by atoms with Crippen LogP contribution >= 0.6 is 0 Å². The highest BCUT2D eigenvalue weighted by molar-refractivity contribution is 6.01. The second-order valence-corrected chi connectivity index (χ2v) is 7.92. The first-order valence-corrected chi connectivity index (χ1v) is 10.9. The molecule has 5 rings (SSSR count). The number of methoxy groups -OCH3 is 1. The number of carbonyl (C=O) groups excluding carboxylic acids is 1. The summed E-state index contributed by atoms with van der Waals surface area (Å²) in [4.78, 5) is 25.6. The molecular weight excluding hydrogens is 442 g/mol. The molecule has 2 amide bonds. The third kappa shape index (κ3) is 4.47. The maximum Gasteiger partial charge on any atom is 0.323 e. The Morgan fingerprint density at radius 1 is 1.00 bits per heavy atom.